The average Bonchev–Trinajstić information content (AvgIpc) is 3.07. The zero-order valence-corrected chi connectivity index (χ0v) is 32.2. The molecule has 0 fully saturated rings. The highest BCUT2D eigenvalue weighted by Crippen LogP contribution is 2.44. The molecule has 0 aromatic heterocycles. The number of hydrogen-bond acceptors (Lipinski definition) is 6. The third kappa shape index (κ3) is 12.9. The van der Waals surface area contributed by atoms with Crippen LogP contribution in [0.4, 0.5) is 0 Å². The highest BCUT2D eigenvalue weighted by atomic mass is 35.5. The molecule has 2 aromatic carbocycles. The molecule has 268 valence electrons. The Kier molecular flexibility index (Phi) is 19.6. The van der Waals surface area contributed by atoms with Crippen LogP contribution in [-0.4, -0.2) is 57.3 Å². The van der Waals surface area contributed by atoms with Gasteiger partial charge in [0.1, 0.15) is 12.0 Å². The van der Waals surface area contributed by atoms with E-state index in [4.69, 9.17) is 35.0 Å². The number of hydrogen-bond donors (Lipinski definition) is 0. The molecule has 0 amide bonds. The number of carbonyl (C=O) groups is 1. The number of rotatable bonds is 25. The van der Waals surface area contributed by atoms with E-state index in [9.17, 15) is 4.79 Å². The second-order valence-electron chi connectivity index (χ2n) is 13.4. The van der Waals surface area contributed by atoms with Crippen LogP contribution >= 0.6 is 11.6 Å². The van der Waals surface area contributed by atoms with Crippen molar-refractivity contribution >= 4 is 25.9 Å². The minimum Gasteiger partial charge on any atom is -0.456 e. The Labute approximate surface area is 297 Å². The third-order valence-electron chi connectivity index (χ3n) is 9.10. The Hall–Kier alpha value is -2.26. The van der Waals surface area contributed by atoms with E-state index < -0.39 is 32.6 Å². The fourth-order valence-electron chi connectivity index (χ4n) is 6.87. The largest absolute Gasteiger partial charge is 0.456 e. The molecule has 2 aromatic rings. The third-order valence-corrected chi connectivity index (χ3v) is 15.4. The lowest BCUT2D eigenvalue weighted by Crippen LogP contribution is -2.54. The maximum absolute atomic E-state index is 12.9. The summed E-state index contributed by atoms with van der Waals surface area (Å²) < 4.78 is 33.0. The van der Waals surface area contributed by atoms with Crippen molar-refractivity contribution in [3.8, 4) is 0 Å². The van der Waals surface area contributed by atoms with Crippen LogP contribution in [0.1, 0.15) is 85.3 Å². The molecule has 0 N–H and O–H groups in total. The molecule has 0 bridgehead atoms. The zero-order chi connectivity index (χ0) is 35.5. The van der Waals surface area contributed by atoms with Crippen LogP contribution in [0.25, 0.3) is 0 Å². The van der Waals surface area contributed by atoms with Crippen LogP contribution in [0.5, 0.6) is 0 Å². The van der Waals surface area contributed by atoms with Crippen molar-refractivity contribution < 1.29 is 28.2 Å². The van der Waals surface area contributed by atoms with E-state index in [1.807, 2.05) is 66.7 Å². The first kappa shape index (κ1) is 41.9. The molecule has 0 spiro atoms. The lowest BCUT2D eigenvalue weighted by molar-refractivity contribution is -0.185. The summed E-state index contributed by atoms with van der Waals surface area (Å²) in [7, 11) is -2.25. The highest BCUT2D eigenvalue weighted by Gasteiger charge is 2.48. The summed E-state index contributed by atoms with van der Waals surface area (Å²) in [6.45, 7) is 25.1. The lowest BCUT2D eigenvalue weighted by Gasteiger charge is -2.46. The van der Waals surface area contributed by atoms with Gasteiger partial charge in [-0.1, -0.05) is 121 Å². The number of benzene rings is 2. The summed E-state index contributed by atoms with van der Waals surface area (Å²) in [5.41, 5.74) is 3.33. The molecular formula is C40H61ClO6Si. The first-order valence-corrected chi connectivity index (χ1v) is 20.3. The first-order valence-electron chi connectivity index (χ1n) is 17.6. The van der Waals surface area contributed by atoms with Crippen molar-refractivity contribution in [3.63, 3.8) is 0 Å². The average molecular weight is 701 g/mol. The number of carbonyl (C=O) groups excluding carboxylic acids is 1. The smallest absolute Gasteiger partial charge is 0.321 e. The second-order valence-corrected chi connectivity index (χ2v) is 19.1. The number of alkyl halides is 1. The van der Waals surface area contributed by atoms with Gasteiger partial charge in [-0.05, 0) is 47.0 Å². The molecule has 2 rings (SSSR count). The monoisotopic (exact) mass is 700 g/mol. The molecule has 0 aliphatic heterocycles. The van der Waals surface area contributed by atoms with Crippen molar-refractivity contribution in [2.24, 2.45) is 0 Å². The Bertz CT molecular complexity index is 1150. The minimum atomic E-state index is -2.25. The van der Waals surface area contributed by atoms with E-state index in [2.05, 4.69) is 61.6 Å². The van der Waals surface area contributed by atoms with E-state index >= 15 is 0 Å². The molecule has 2 unspecified atom stereocenters. The van der Waals surface area contributed by atoms with Gasteiger partial charge in [-0.3, -0.25) is 4.79 Å². The molecule has 0 saturated heterocycles. The van der Waals surface area contributed by atoms with Crippen LogP contribution in [0.3, 0.4) is 0 Å². The maximum atomic E-state index is 12.9. The number of ether oxygens (including phenoxy) is 4. The summed E-state index contributed by atoms with van der Waals surface area (Å²) in [5, 5.41) is 0. The van der Waals surface area contributed by atoms with Gasteiger partial charge in [0, 0.05) is 13.0 Å². The normalized spacial score (nSPS) is 15.2. The molecule has 48 heavy (non-hydrogen) atoms. The van der Waals surface area contributed by atoms with Crippen LogP contribution in [0.2, 0.25) is 16.6 Å². The van der Waals surface area contributed by atoms with Crippen molar-refractivity contribution in [2.75, 3.05) is 12.5 Å². The van der Waals surface area contributed by atoms with Gasteiger partial charge in [0.2, 0.25) is 8.32 Å². The van der Waals surface area contributed by atoms with Crippen molar-refractivity contribution in [3.05, 3.63) is 97.1 Å². The van der Waals surface area contributed by atoms with Crippen LogP contribution < -0.4 is 0 Å². The quantitative estimate of drug-likeness (QED) is 0.0338. The van der Waals surface area contributed by atoms with Gasteiger partial charge >= 0.3 is 5.97 Å². The molecule has 0 radical (unpaired) electrons. The summed E-state index contributed by atoms with van der Waals surface area (Å²) >= 11 is 6.01. The predicted molar refractivity (Wildman–Crippen MR) is 201 cm³/mol. The standard InChI is InChI=1S/C40H61ClO6Si/c1-10-19-36(47-48(30(4)5,31(6)7)32(8)9)35(12-3)45-38(20-11-2)40(46-39(42)27-41)37(44-29-34-23-17-14-18-24-34)25-26-43-28-33-21-15-13-16-22-33/h10-11,13-18,21-24,30-32,35-38,40H,1-2,12,19-20,25-29H2,3-9H3/t35-,36-,37+,38?,40?/m1/s1. The van der Waals surface area contributed by atoms with Crippen molar-refractivity contribution in [2.45, 2.75) is 135 Å². The van der Waals surface area contributed by atoms with E-state index in [1.54, 1.807) is 6.08 Å². The molecule has 0 saturated carbocycles. The van der Waals surface area contributed by atoms with E-state index in [0.717, 1.165) is 11.1 Å². The van der Waals surface area contributed by atoms with Gasteiger partial charge in [0.15, 0.2) is 6.10 Å². The van der Waals surface area contributed by atoms with Gasteiger partial charge in [-0.15, -0.1) is 24.8 Å². The van der Waals surface area contributed by atoms with Gasteiger partial charge < -0.3 is 23.4 Å². The predicted octanol–water partition coefficient (Wildman–Crippen LogP) is 10.2. The first-order chi connectivity index (χ1) is 23.0. The summed E-state index contributed by atoms with van der Waals surface area (Å²) in [6.07, 6.45) is 3.64. The molecule has 8 heteroatoms. The van der Waals surface area contributed by atoms with Crippen LogP contribution in [0, 0.1) is 0 Å². The van der Waals surface area contributed by atoms with Crippen LogP contribution in [0.15, 0.2) is 86.0 Å². The Morgan fingerprint density at radius 3 is 1.77 bits per heavy atom. The SMILES string of the molecule is C=CCC(O[C@H](CC)[C@@H](CC=C)O[Si](C(C)C)(C(C)C)C(C)C)C(OC(=O)CCl)[C@H](CCOCc1ccccc1)OCc1ccccc1. The maximum Gasteiger partial charge on any atom is 0.321 e. The Balaban J connectivity index is 2.45. The molecule has 0 aliphatic carbocycles. The van der Waals surface area contributed by atoms with Gasteiger partial charge in [-0.2, -0.15) is 0 Å². The lowest BCUT2D eigenvalue weighted by atomic mass is 10.0. The number of halogens is 1. The fraction of sp³-hybridized carbons (Fsp3) is 0.575. The van der Waals surface area contributed by atoms with Gasteiger partial charge in [0.05, 0.1) is 31.5 Å². The Morgan fingerprint density at radius 1 is 0.771 bits per heavy atom. The van der Waals surface area contributed by atoms with Gasteiger partial charge in [-0.25, -0.2) is 0 Å². The number of esters is 1. The molecule has 0 heterocycles. The Morgan fingerprint density at radius 2 is 1.29 bits per heavy atom. The summed E-state index contributed by atoms with van der Waals surface area (Å²) in [6, 6.07) is 20.0. The molecule has 5 atom stereocenters. The fourth-order valence-corrected chi connectivity index (χ4v) is 12.5. The van der Waals surface area contributed by atoms with Gasteiger partial charge in [0.25, 0.3) is 0 Å². The highest BCUT2D eigenvalue weighted by molar-refractivity contribution is 6.77. The summed E-state index contributed by atoms with van der Waals surface area (Å²) in [5.74, 6) is -0.812. The minimum absolute atomic E-state index is 0.207. The zero-order valence-electron chi connectivity index (χ0n) is 30.4. The van der Waals surface area contributed by atoms with E-state index in [0.29, 0.717) is 62.1 Å². The van der Waals surface area contributed by atoms with Crippen molar-refractivity contribution in [1.29, 1.82) is 0 Å². The second kappa shape index (κ2) is 22.5. The molecule has 0 aliphatic rings. The summed E-state index contributed by atoms with van der Waals surface area (Å²) in [4.78, 5) is 12.9. The topological polar surface area (TPSA) is 63.2 Å². The van der Waals surface area contributed by atoms with Crippen LogP contribution in [-0.2, 0) is 41.4 Å². The van der Waals surface area contributed by atoms with E-state index in [-0.39, 0.29) is 18.1 Å². The van der Waals surface area contributed by atoms with E-state index in [1.165, 1.54) is 0 Å². The van der Waals surface area contributed by atoms with Crippen molar-refractivity contribution in [1.82, 2.24) is 0 Å². The molecule has 6 nitrogen and oxygen atoms in total. The molecular weight excluding hydrogens is 640 g/mol.